The predicted octanol–water partition coefficient (Wildman–Crippen LogP) is 2.79. The summed E-state index contributed by atoms with van der Waals surface area (Å²) in [6.07, 6.45) is -0.0341. The molecular formula is C18H29NO2. The van der Waals surface area contributed by atoms with Crippen LogP contribution in [-0.2, 0) is 16.7 Å². The van der Waals surface area contributed by atoms with Gasteiger partial charge < -0.3 is 9.84 Å². The number of rotatable bonds is 3. The zero-order valence-corrected chi connectivity index (χ0v) is 14.1. The van der Waals surface area contributed by atoms with E-state index in [2.05, 4.69) is 51.7 Å². The lowest BCUT2D eigenvalue weighted by Gasteiger charge is -2.33. The van der Waals surface area contributed by atoms with Crippen LogP contribution in [0.3, 0.4) is 0 Å². The van der Waals surface area contributed by atoms with Crippen molar-refractivity contribution in [2.24, 2.45) is 0 Å². The van der Waals surface area contributed by atoms with Crippen molar-refractivity contribution >= 4 is 0 Å². The molecule has 1 saturated heterocycles. The lowest BCUT2D eigenvalue weighted by Crippen LogP contribution is -2.43. The molecule has 21 heavy (non-hydrogen) atoms. The summed E-state index contributed by atoms with van der Waals surface area (Å²) in [6, 6.07) is 4.65. The third-order valence-electron chi connectivity index (χ3n) is 4.37. The number of morpholine rings is 1. The molecule has 1 aromatic rings. The first-order valence-corrected chi connectivity index (χ1v) is 7.86. The zero-order valence-electron chi connectivity index (χ0n) is 14.1. The van der Waals surface area contributed by atoms with Gasteiger partial charge in [0, 0.05) is 19.6 Å². The van der Waals surface area contributed by atoms with Crippen molar-refractivity contribution < 1.29 is 9.84 Å². The van der Waals surface area contributed by atoms with E-state index in [4.69, 9.17) is 4.74 Å². The highest BCUT2D eigenvalue weighted by molar-refractivity contribution is 5.40. The Bertz CT molecular complexity index is 467. The molecule has 0 amide bonds. The average Bonchev–Trinajstić information content (AvgIpc) is 2.42. The van der Waals surface area contributed by atoms with E-state index in [1.807, 2.05) is 0 Å². The van der Waals surface area contributed by atoms with Crippen molar-refractivity contribution in [3.63, 3.8) is 0 Å². The van der Waals surface area contributed by atoms with E-state index in [0.717, 1.165) is 19.6 Å². The van der Waals surface area contributed by atoms with Crippen LogP contribution in [0.25, 0.3) is 0 Å². The summed E-state index contributed by atoms with van der Waals surface area (Å²) in [5.74, 6) is 0. The van der Waals surface area contributed by atoms with Gasteiger partial charge in [-0.2, -0.15) is 0 Å². The molecule has 118 valence electrons. The fraction of sp³-hybridized carbons (Fsp3) is 0.667. The van der Waals surface area contributed by atoms with Gasteiger partial charge in [0.1, 0.15) is 0 Å². The third kappa shape index (κ3) is 4.06. The summed E-state index contributed by atoms with van der Waals surface area (Å²) >= 11 is 0. The second kappa shape index (κ2) is 6.47. The van der Waals surface area contributed by atoms with Gasteiger partial charge in [-0.05, 0) is 41.5 Å². The Balaban J connectivity index is 2.17. The zero-order chi connectivity index (χ0) is 15.6. The summed E-state index contributed by atoms with van der Waals surface area (Å²) in [4.78, 5) is 2.39. The fourth-order valence-electron chi connectivity index (χ4n) is 2.93. The Labute approximate surface area is 128 Å². The van der Waals surface area contributed by atoms with Gasteiger partial charge in [-0.3, -0.25) is 4.90 Å². The van der Waals surface area contributed by atoms with Crippen LogP contribution in [0, 0.1) is 13.8 Å². The third-order valence-corrected chi connectivity index (χ3v) is 4.37. The lowest BCUT2D eigenvalue weighted by molar-refractivity contribution is -0.0551. The first-order valence-electron chi connectivity index (χ1n) is 7.86. The molecule has 0 aliphatic carbocycles. The Morgan fingerprint density at radius 3 is 2.38 bits per heavy atom. The van der Waals surface area contributed by atoms with E-state index >= 15 is 0 Å². The Morgan fingerprint density at radius 2 is 1.86 bits per heavy atom. The predicted molar refractivity (Wildman–Crippen MR) is 86.7 cm³/mol. The minimum atomic E-state index is -0.0341. The molecule has 1 aliphatic heterocycles. The van der Waals surface area contributed by atoms with Crippen LogP contribution in [0.1, 0.15) is 43.0 Å². The van der Waals surface area contributed by atoms with Crippen molar-refractivity contribution in [2.75, 3.05) is 26.3 Å². The summed E-state index contributed by atoms with van der Waals surface area (Å²) in [6.45, 7) is 14.7. The smallest absolute Gasteiger partial charge is 0.0933 e. The molecule has 2 rings (SSSR count). The molecular weight excluding hydrogens is 262 g/mol. The van der Waals surface area contributed by atoms with Gasteiger partial charge in [-0.15, -0.1) is 0 Å². The lowest BCUT2D eigenvalue weighted by atomic mass is 9.83. The summed E-state index contributed by atoms with van der Waals surface area (Å²) < 4.78 is 5.53. The Morgan fingerprint density at radius 1 is 1.24 bits per heavy atom. The first kappa shape index (κ1) is 16.5. The molecule has 0 bridgehead atoms. The number of nitrogens with zero attached hydrogens (tertiary/aromatic N) is 1. The van der Waals surface area contributed by atoms with E-state index in [-0.39, 0.29) is 18.1 Å². The normalized spacial score (nSPS) is 20.8. The molecule has 1 aliphatic rings. The topological polar surface area (TPSA) is 32.7 Å². The number of hydrogen-bond acceptors (Lipinski definition) is 3. The van der Waals surface area contributed by atoms with Crippen molar-refractivity contribution in [1.29, 1.82) is 0 Å². The largest absolute Gasteiger partial charge is 0.394 e. The molecule has 1 fully saturated rings. The monoisotopic (exact) mass is 291 g/mol. The van der Waals surface area contributed by atoms with Gasteiger partial charge in [0.25, 0.3) is 0 Å². The van der Waals surface area contributed by atoms with Gasteiger partial charge >= 0.3 is 0 Å². The van der Waals surface area contributed by atoms with Crippen LogP contribution in [0.15, 0.2) is 12.1 Å². The van der Waals surface area contributed by atoms with E-state index in [1.54, 1.807) is 0 Å². The Hall–Kier alpha value is -0.900. The second-order valence-electron chi connectivity index (χ2n) is 7.25. The van der Waals surface area contributed by atoms with Crippen LogP contribution < -0.4 is 0 Å². The minimum Gasteiger partial charge on any atom is -0.394 e. The molecule has 0 aromatic heterocycles. The molecule has 1 heterocycles. The van der Waals surface area contributed by atoms with Crippen LogP contribution >= 0.6 is 0 Å². The van der Waals surface area contributed by atoms with Crippen LogP contribution in [0.4, 0.5) is 0 Å². The quantitative estimate of drug-likeness (QED) is 0.929. The van der Waals surface area contributed by atoms with Gasteiger partial charge in [0.15, 0.2) is 0 Å². The van der Waals surface area contributed by atoms with E-state index in [0.29, 0.717) is 6.61 Å². The number of aliphatic hydroxyl groups is 1. The van der Waals surface area contributed by atoms with Crippen molar-refractivity contribution in [1.82, 2.24) is 4.90 Å². The van der Waals surface area contributed by atoms with Gasteiger partial charge in [0.05, 0.1) is 19.3 Å². The number of hydrogen-bond donors (Lipinski definition) is 1. The summed E-state index contributed by atoms with van der Waals surface area (Å²) in [5, 5.41) is 9.26. The fourth-order valence-corrected chi connectivity index (χ4v) is 2.93. The van der Waals surface area contributed by atoms with Crippen LogP contribution in [0.5, 0.6) is 0 Å². The maximum atomic E-state index is 9.26. The molecule has 1 aromatic carbocycles. The maximum absolute atomic E-state index is 9.26. The van der Waals surface area contributed by atoms with Crippen molar-refractivity contribution in [3.8, 4) is 0 Å². The van der Waals surface area contributed by atoms with Crippen LogP contribution in [-0.4, -0.2) is 42.4 Å². The maximum Gasteiger partial charge on any atom is 0.0933 e. The molecule has 1 unspecified atom stereocenters. The number of aryl methyl sites for hydroxylation is 2. The van der Waals surface area contributed by atoms with Gasteiger partial charge in [-0.1, -0.05) is 32.9 Å². The molecule has 0 saturated carbocycles. The molecule has 1 atom stereocenters. The highest BCUT2D eigenvalue weighted by atomic mass is 16.5. The van der Waals surface area contributed by atoms with E-state index in [1.165, 1.54) is 22.3 Å². The number of ether oxygens (including phenoxy) is 1. The standard InChI is InChI=1S/C18H29NO2/c1-13-8-15(18(3,4)5)9-14(2)17(13)11-19-6-7-21-16(10-19)12-20/h8-9,16,20H,6-7,10-12H2,1-5H3. The minimum absolute atomic E-state index is 0.0341. The SMILES string of the molecule is Cc1cc(C(C)(C)C)cc(C)c1CN1CCOC(CO)C1. The first-order chi connectivity index (χ1) is 9.81. The van der Waals surface area contributed by atoms with E-state index < -0.39 is 0 Å². The molecule has 1 N–H and O–H groups in total. The molecule has 0 radical (unpaired) electrons. The molecule has 3 heteroatoms. The highest BCUT2D eigenvalue weighted by Gasteiger charge is 2.22. The number of aliphatic hydroxyl groups excluding tert-OH is 1. The molecule has 3 nitrogen and oxygen atoms in total. The van der Waals surface area contributed by atoms with Gasteiger partial charge in [-0.25, -0.2) is 0 Å². The summed E-state index contributed by atoms with van der Waals surface area (Å²) in [5.41, 5.74) is 5.74. The molecule has 0 spiro atoms. The van der Waals surface area contributed by atoms with Crippen molar-refractivity contribution in [3.05, 3.63) is 34.4 Å². The Kier molecular flexibility index (Phi) is 5.07. The van der Waals surface area contributed by atoms with Gasteiger partial charge in [0.2, 0.25) is 0 Å². The highest BCUT2D eigenvalue weighted by Crippen LogP contribution is 2.27. The average molecular weight is 291 g/mol. The van der Waals surface area contributed by atoms with Crippen molar-refractivity contribution in [2.45, 2.75) is 52.7 Å². The van der Waals surface area contributed by atoms with Crippen LogP contribution in [0.2, 0.25) is 0 Å². The van der Waals surface area contributed by atoms with E-state index in [9.17, 15) is 5.11 Å². The second-order valence-corrected chi connectivity index (χ2v) is 7.25. The summed E-state index contributed by atoms with van der Waals surface area (Å²) in [7, 11) is 0. The number of benzene rings is 1.